The second-order valence-electron chi connectivity index (χ2n) is 7.39. The first-order valence-electron chi connectivity index (χ1n) is 10.6. The molecule has 0 saturated carbocycles. The highest BCUT2D eigenvalue weighted by Crippen LogP contribution is 2.24. The summed E-state index contributed by atoms with van der Waals surface area (Å²) in [5, 5.41) is 19.4. The van der Waals surface area contributed by atoms with E-state index in [0.717, 1.165) is 70.6 Å². The fourth-order valence-corrected chi connectivity index (χ4v) is 3.12. The molecule has 0 aliphatic rings. The van der Waals surface area contributed by atoms with Gasteiger partial charge in [0.15, 0.2) is 5.78 Å². The molecule has 0 radical (unpaired) electrons. The van der Waals surface area contributed by atoms with Crippen molar-refractivity contribution in [3.8, 4) is 0 Å². The molecular weight excluding hydrogens is 328 g/mol. The minimum absolute atomic E-state index is 0.0143. The normalized spacial score (nSPS) is 13.8. The molecule has 0 bridgehead atoms. The largest absolute Gasteiger partial charge is 0.481 e. The molecule has 1 atom stereocenters. The third-order valence-corrected chi connectivity index (χ3v) is 4.82. The Labute approximate surface area is 160 Å². The highest BCUT2D eigenvalue weighted by atomic mass is 16.4. The third-order valence-electron chi connectivity index (χ3n) is 4.82. The molecule has 0 aliphatic heterocycles. The molecule has 0 aromatic heterocycles. The van der Waals surface area contributed by atoms with Gasteiger partial charge in [-0.1, -0.05) is 70.9 Å². The van der Waals surface area contributed by atoms with Crippen molar-refractivity contribution in [2.45, 2.75) is 116 Å². The molecule has 2 N–H and O–H groups in total. The predicted molar refractivity (Wildman–Crippen MR) is 107 cm³/mol. The van der Waals surface area contributed by atoms with Crippen LogP contribution in [0, 0.1) is 0 Å². The number of carboxylic acids is 1. The zero-order valence-electron chi connectivity index (χ0n) is 17.0. The lowest BCUT2D eigenvalue weighted by molar-refractivity contribution is -0.138. The molecule has 0 saturated heterocycles. The van der Waals surface area contributed by atoms with E-state index in [1.54, 1.807) is 0 Å². The molecule has 152 valence electrons. The lowest BCUT2D eigenvalue weighted by Gasteiger charge is -2.25. The number of Topliss-reactive ketones (excluding diaryl/α,β-unsaturated/α-hetero) is 1. The minimum Gasteiger partial charge on any atom is -0.481 e. The quantitative estimate of drug-likeness (QED) is 0.236. The minimum atomic E-state index is -1.18. The third kappa shape index (κ3) is 13.1. The summed E-state index contributed by atoms with van der Waals surface area (Å²) in [6.07, 6.45) is 16.7. The molecule has 0 amide bonds. The summed E-state index contributed by atoms with van der Waals surface area (Å²) in [6.45, 7) is 4.13. The SMILES string of the molecule is CCCCCC[C@@](O)(C/C=C\CCCCCCCC(=O)O)C(=O)CCC. The van der Waals surface area contributed by atoms with Crippen molar-refractivity contribution in [2.75, 3.05) is 0 Å². The second-order valence-corrected chi connectivity index (χ2v) is 7.39. The number of carboxylic acid groups (broad SMARTS) is 1. The van der Waals surface area contributed by atoms with Crippen LogP contribution in [0.2, 0.25) is 0 Å². The van der Waals surface area contributed by atoms with E-state index in [1.807, 2.05) is 13.0 Å². The number of allylic oxidation sites excluding steroid dienone is 1. The molecule has 4 heteroatoms. The summed E-state index contributed by atoms with van der Waals surface area (Å²) in [5.74, 6) is -0.729. The smallest absolute Gasteiger partial charge is 0.303 e. The molecule has 0 aliphatic carbocycles. The van der Waals surface area contributed by atoms with E-state index in [4.69, 9.17) is 5.11 Å². The summed E-state index contributed by atoms with van der Waals surface area (Å²) in [5.41, 5.74) is -1.18. The van der Waals surface area contributed by atoms with Crippen molar-refractivity contribution in [3.63, 3.8) is 0 Å². The number of carbonyl (C=O) groups excluding carboxylic acids is 1. The molecule has 26 heavy (non-hydrogen) atoms. The standard InChI is InChI=1S/C22H40O4/c1-3-5-6-14-18-22(26,20(23)16-4-2)19-15-12-10-8-7-9-11-13-17-21(24)25/h12,15,26H,3-11,13-14,16-19H2,1-2H3,(H,24,25)/b15-12-/t22-/m1/s1. The molecule has 0 fully saturated rings. The van der Waals surface area contributed by atoms with Gasteiger partial charge in [0.25, 0.3) is 0 Å². The zero-order valence-corrected chi connectivity index (χ0v) is 17.0. The van der Waals surface area contributed by atoms with Gasteiger partial charge in [0.2, 0.25) is 0 Å². The van der Waals surface area contributed by atoms with Crippen molar-refractivity contribution < 1.29 is 19.8 Å². The Morgan fingerprint density at radius 2 is 1.46 bits per heavy atom. The van der Waals surface area contributed by atoms with E-state index in [2.05, 4.69) is 13.0 Å². The molecule has 0 heterocycles. The predicted octanol–water partition coefficient (Wildman–Crippen LogP) is 5.82. The maximum Gasteiger partial charge on any atom is 0.303 e. The summed E-state index contributed by atoms with van der Waals surface area (Å²) < 4.78 is 0. The first-order valence-corrected chi connectivity index (χ1v) is 10.6. The maximum atomic E-state index is 12.3. The van der Waals surface area contributed by atoms with Gasteiger partial charge in [0, 0.05) is 19.3 Å². The van der Waals surface area contributed by atoms with Crippen LogP contribution in [0.4, 0.5) is 0 Å². The van der Waals surface area contributed by atoms with Crippen LogP contribution in [-0.2, 0) is 9.59 Å². The lowest BCUT2D eigenvalue weighted by Crippen LogP contribution is -2.38. The average Bonchev–Trinajstić information content (AvgIpc) is 2.60. The molecule has 0 unspecified atom stereocenters. The van der Waals surface area contributed by atoms with Gasteiger partial charge in [-0.2, -0.15) is 0 Å². The average molecular weight is 369 g/mol. The highest BCUT2D eigenvalue weighted by molar-refractivity contribution is 5.87. The first-order chi connectivity index (χ1) is 12.5. The van der Waals surface area contributed by atoms with Crippen molar-refractivity contribution in [3.05, 3.63) is 12.2 Å². The van der Waals surface area contributed by atoms with Gasteiger partial charge < -0.3 is 10.2 Å². The molecular formula is C22H40O4. The van der Waals surface area contributed by atoms with E-state index in [9.17, 15) is 14.7 Å². The van der Waals surface area contributed by atoms with E-state index < -0.39 is 11.6 Å². The van der Waals surface area contributed by atoms with E-state index >= 15 is 0 Å². The van der Waals surface area contributed by atoms with Gasteiger partial charge >= 0.3 is 5.97 Å². The van der Waals surface area contributed by atoms with Gasteiger partial charge in [0.1, 0.15) is 5.60 Å². The van der Waals surface area contributed by atoms with E-state index in [0.29, 0.717) is 19.3 Å². The molecule has 4 nitrogen and oxygen atoms in total. The highest BCUT2D eigenvalue weighted by Gasteiger charge is 2.32. The Kier molecular flexibility index (Phi) is 15.3. The summed E-state index contributed by atoms with van der Waals surface area (Å²) in [7, 11) is 0. The Hall–Kier alpha value is -1.16. The fourth-order valence-electron chi connectivity index (χ4n) is 3.12. The topological polar surface area (TPSA) is 74.6 Å². The van der Waals surface area contributed by atoms with Gasteiger partial charge in [-0.3, -0.25) is 9.59 Å². The number of ketones is 1. The zero-order chi connectivity index (χ0) is 19.7. The second kappa shape index (κ2) is 16.0. The van der Waals surface area contributed by atoms with Gasteiger partial charge in [0.05, 0.1) is 0 Å². The van der Waals surface area contributed by atoms with Crippen molar-refractivity contribution in [1.82, 2.24) is 0 Å². The van der Waals surface area contributed by atoms with Crippen molar-refractivity contribution in [2.24, 2.45) is 0 Å². The van der Waals surface area contributed by atoms with Crippen LogP contribution in [0.25, 0.3) is 0 Å². The number of aliphatic carboxylic acids is 1. The Morgan fingerprint density at radius 3 is 2.12 bits per heavy atom. The maximum absolute atomic E-state index is 12.3. The molecule has 0 aromatic carbocycles. The summed E-state index contributed by atoms with van der Waals surface area (Å²) in [6, 6.07) is 0. The van der Waals surface area contributed by atoms with Crippen LogP contribution in [0.1, 0.15) is 110 Å². The number of aliphatic hydroxyl groups is 1. The van der Waals surface area contributed by atoms with Crippen LogP contribution < -0.4 is 0 Å². The van der Waals surface area contributed by atoms with Gasteiger partial charge in [-0.15, -0.1) is 0 Å². The Balaban J connectivity index is 4.07. The van der Waals surface area contributed by atoms with Gasteiger partial charge in [-0.25, -0.2) is 0 Å². The molecule has 0 rings (SSSR count). The van der Waals surface area contributed by atoms with Crippen LogP contribution in [0.15, 0.2) is 12.2 Å². The number of hydrogen-bond donors (Lipinski definition) is 2. The number of carbonyl (C=O) groups is 2. The van der Waals surface area contributed by atoms with Crippen LogP contribution in [0.3, 0.4) is 0 Å². The Bertz CT molecular complexity index is 403. The number of rotatable bonds is 18. The van der Waals surface area contributed by atoms with Crippen LogP contribution in [0.5, 0.6) is 0 Å². The van der Waals surface area contributed by atoms with E-state index in [1.165, 1.54) is 0 Å². The first kappa shape index (κ1) is 24.8. The fraction of sp³-hybridized carbons (Fsp3) is 0.818. The van der Waals surface area contributed by atoms with E-state index in [-0.39, 0.29) is 12.2 Å². The lowest BCUT2D eigenvalue weighted by atomic mass is 9.86. The number of unbranched alkanes of at least 4 members (excludes halogenated alkanes) is 8. The Morgan fingerprint density at radius 1 is 0.808 bits per heavy atom. The van der Waals surface area contributed by atoms with Gasteiger partial charge in [-0.05, 0) is 32.1 Å². The van der Waals surface area contributed by atoms with Crippen molar-refractivity contribution in [1.29, 1.82) is 0 Å². The molecule has 0 spiro atoms. The monoisotopic (exact) mass is 368 g/mol. The summed E-state index contributed by atoms with van der Waals surface area (Å²) >= 11 is 0. The number of hydrogen-bond acceptors (Lipinski definition) is 3. The summed E-state index contributed by atoms with van der Waals surface area (Å²) in [4.78, 5) is 22.7. The van der Waals surface area contributed by atoms with Crippen LogP contribution >= 0.6 is 0 Å². The van der Waals surface area contributed by atoms with Crippen LogP contribution in [-0.4, -0.2) is 27.6 Å². The molecule has 0 aromatic rings. The van der Waals surface area contributed by atoms with Crippen molar-refractivity contribution >= 4 is 11.8 Å².